The van der Waals surface area contributed by atoms with Crippen LogP contribution in [0.15, 0.2) is 29.4 Å². The van der Waals surface area contributed by atoms with E-state index in [1.165, 1.54) is 0 Å². The van der Waals surface area contributed by atoms with Crippen molar-refractivity contribution in [2.45, 2.75) is 23.9 Å². The Balaban J connectivity index is 2.07. The smallest absolute Gasteiger partial charge is 0.209 e. The number of hydrogen-bond acceptors (Lipinski definition) is 6. The molecule has 110 valence electrons. The highest BCUT2D eigenvalue weighted by molar-refractivity contribution is 7.99. The van der Waals surface area contributed by atoms with Crippen LogP contribution in [0.3, 0.4) is 0 Å². The standard InChI is InChI=1S/C14H18N6S/c1-11(13-6-4-5-12(9-13)10-15)21-14-16-17-18-20(14)8-7-19(2)3/h4-6,9,11H,7-8H2,1-3H3/t11-/m0/s1. The summed E-state index contributed by atoms with van der Waals surface area (Å²) in [4.78, 5) is 2.09. The highest BCUT2D eigenvalue weighted by Gasteiger charge is 2.14. The summed E-state index contributed by atoms with van der Waals surface area (Å²) >= 11 is 1.60. The van der Waals surface area contributed by atoms with E-state index in [0.29, 0.717) is 5.56 Å². The first-order chi connectivity index (χ1) is 10.1. The van der Waals surface area contributed by atoms with Crippen LogP contribution in [0.1, 0.15) is 23.3 Å². The first-order valence-electron chi connectivity index (χ1n) is 6.67. The number of nitriles is 1. The number of hydrogen-bond donors (Lipinski definition) is 0. The average Bonchev–Trinajstić information content (AvgIpc) is 2.92. The highest BCUT2D eigenvalue weighted by Crippen LogP contribution is 2.33. The maximum atomic E-state index is 8.97. The van der Waals surface area contributed by atoms with Crippen LogP contribution in [0, 0.1) is 11.3 Å². The molecule has 0 radical (unpaired) electrons. The van der Waals surface area contributed by atoms with E-state index in [1.807, 2.05) is 43.0 Å². The zero-order valence-corrected chi connectivity index (χ0v) is 13.2. The third-order valence-electron chi connectivity index (χ3n) is 3.03. The summed E-state index contributed by atoms with van der Waals surface area (Å²) < 4.78 is 1.81. The number of tetrazole rings is 1. The van der Waals surface area contributed by atoms with E-state index in [-0.39, 0.29) is 5.25 Å². The first kappa shape index (κ1) is 15.5. The van der Waals surface area contributed by atoms with E-state index in [0.717, 1.165) is 23.8 Å². The van der Waals surface area contributed by atoms with Gasteiger partial charge in [-0.1, -0.05) is 23.9 Å². The van der Waals surface area contributed by atoms with Gasteiger partial charge in [0.05, 0.1) is 18.2 Å². The second-order valence-corrected chi connectivity index (χ2v) is 6.29. The summed E-state index contributed by atoms with van der Waals surface area (Å²) in [6.45, 7) is 3.73. The van der Waals surface area contributed by atoms with Crippen molar-refractivity contribution in [2.24, 2.45) is 0 Å². The van der Waals surface area contributed by atoms with E-state index < -0.39 is 0 Å². The lowest BCUT2D eigenvalue weighted by Gasteiger charge is -2.13. The molecule has 1 aromatic heterocycles. The van der Waals surface area contributed by atoms with Crippen molar-refractivity contribution in [2.75, 3.05) is 20.6 Å². The Kier molecular flexibility index (Phi) is 5.31. The third-order valence-corrected chi connectivity index (χ3v) is 4.15. The SMILES string of the molecule is C[C@H](Sc1nnnn1CCN(C)C)c1cccc(C#N)c1. The van der Waals surface area contributed by atoms with Gasteiger partial charge in [-0.3, -0.25) is 0 Å². The lowest BCUT2D eigenvalue weighted by Crippen LogP contribution is -2.19. The Labute approximate surface area is 128 Å². The Morgan fingerprint density at radius 1 is 1.43 bits per heavy atom. The summed E-state index contributed by atoms with van der Waals surface area (Å²) in [5.74, 6) is 0. The lowest BCUT2D eigenvalue weighted by molar-refractivity contribution is 0.361. The number of rotatable bonds is 6. The van der Waals surface area contributed by atoms with E-state index in [1.54, 1.807) is 11.8 Å². The molecular formula is C14H18N6S. The van der Waals surface area contributed by atoms with Crippen molar-refractivity contribution in [1.82, 2.24) is 25.1 Å². The number of nitrogens with zero attached hydrogens (tertiary/aromatic N) is 6. The molecule has 0 aliphatic heterocycles. The summed E-state index contributed by atoms with van der Waals surface area (Å²) in [5, 5.41) is 21.8. The van der Waals surface area contributed by atoms with Crippen LogP contribution in [-0.4, -0.2) is 45.7 Å². The molecule has 21 heavy (non-hydrogen) atoms. The van der Waals surface area contributed by atoms with E-state index in [4.69, 9.17) is 5.26 Å². The molecule has 0 N–H and O–H groups in total. The van der Waals surface area contributed by atoms with Crippen molar-refractivity contribution in [3.8, 4) is 6.07 Å². The number of benzene rings is 1. The molecule has 0 spiro atoms. The van der Waals surface area contributed by atoms with Gasteiger partial charge in [-0.05, 0) is 49.1 Å². The fraction of sp³-hybridized carbons (Fsp3) is 0.429. The molecule has 0 bridgehead atoms. The molecule has 0 aliphatic carbocycles. The maximum Gasteiger partial charge on any atom is 0.209 e. The zero-order valence-electron chi connectivity index (χ0n) is 12.4. The molecule has 0 fully saturated rings. The van der Waals surface area contributed by atoms with Crippen molar-refractivity contribution < 1.29 is 0 Å². The van der Waals surface area contributed by atoms with Gasteiger partial charge >= 0.3 is 0 Å². The molecule has 0 amide bonds. The summed E-state index contributed by atoms with van der Waals surface area (Å²) in [6.07, 6.45) is 0. The molecule has 0 unspecified atom stereocenters. The van der Waals surface area contributed by atoms with E-state index in [2.05, 4.69) is 33.4 Å². The molecule has 6 nitrogen and oxygen atoms in total. The van der Waals surface area contributed by atoms with Crippen molar-refractivity contribution in [1.29, 1.82) is 5.26 Å². The maximum absolute atomic E-state index is 8.97. The monoisotopic (exact) mass is 302 g/mol. The van der Waals surface area contributed by atoms with Crippen molar-refractivity contribution >= 4 is 11.8 Å². The van der Waals surface area contributed by atoms with Crippen LogP contribution in [-0.2, 0) is 6.54 Å². The minimum absolute atomic E-state index is 0.183. The number of aromatic nitrogens is 4. The van der Waals surface area contributed by atoms with Gasteiger partial charge in [0.1, 0.15) is 0 Å². The second-order valence-electron chi connectivity index (χ2n) is 4.99. The van der Waals surface area contributed by atoms with Crippen LogP contribution in [0.25, 0.3) is 0 Å². The molecule has 1 atom stereocenters. The first-order valence-corrected chi connectivity index (χ1v) is 7.55. The molecule has 0 aliphatic rings. The topological polar surface area (TPSA) is 70.6 Å². The van der Waals surface area contributed by atoms with Crippen LogP contribution >= 0.6 is 11.8 Å². The Bertz CT molecular complexity index is 630. The fourth-order valence-electron chi connectivity index (χ4n) is 1.80. The molecule has 2 aromatic rings. The molecule has 7 heteroatoms. The fourth-order valence-corrected chi connectivity index (χ4v) is 2.74. The molecule has 2 rings (SSSR count). The Hall–Kier alpha value is -1.91. The lowest BCUT2D eigenvalue weighted by atomic mass is 10.1. The molecular weight excluding hydrogens is 284 g/mol. The largest absolute Gasteiger partial charge is 0.308 e. The predicted octanol–water partition coefficient (Wildman–Crippen LogP) is 1.96. The predicted molar refractivity (Wildman–Crippen MR) is 81.8 cm³/mol. The minimum atomic E-state index is 0.183. The zero-order chi connectivity index (χ0) is 15.2. The van der Waals surface area contributed by atoms with Gasteiger partial charge in [-0.15, -0.1) is 5.10 Å². The van der Waals surface area contributed by atoms with Crippen LogP contribution in [0.2, 0.25) is 0 Å². The molecule has 0 saturated heterocycles. The van der Waals surface area contributed by atoms with Crippen molar-refractivity contribution in [3.63, 3.8) is 0 Å². The molecule has 1 aromatic carbocycles. The van der Waals surface area contributed by atoms with Gasteiger partial charge in [0.25, 0.3) is 0 Å². The van der Waals surface area contributed by atoms with Crippen LogP contribution in [0.4, 0.5) is 0 Å². The summed E-state index contributed by atoms with van der Waals surface area (Å²) in [6, 6.07) is 9.80. The van der Waals surface area contributed by atoms with Gasteiger partial charge in [-0.25, -0.2) is 4.68 Å². The number of likely N-dealkylation sites (N-methyl/N-ethyl adjacent to an activating group) is 1. The molecule has 1 heterocycles. The highest BCUT2D eigenvalue weighted by atomic mass is 32.2. The number of thioether (sulfide) groups is 1. The van der Waals surface area contributed by atoms with Gasteiger partial charge in [0.15, 0.2) is 0 Å². The quantitative estimate of drug-likeness (QED) is 0.760. The molecule has 0 saturated carbocycles. The van der Waals surface area contributed by atoms with Crippen molar-refractivity contribution in [3.05, 3.63) is 35.4 Å². The summed E-state index contributed by atoms with van der Waals surface area (Å²) in [7, 11) is 4.04. The van der Waals surface area contributed by atoms with Gasteiger partial charge in [0, 0.05) is 11.8 Å². The third kappa shape index (κ3) is 4.28. The Morgan fingerprint density at radius 3 is 2.95 bits per heavy atom. The summed E-state index contributed by atoms with van der Waals surface area (Å²) in [5.41, 5.74) is 1.77. The average molecular weight is 302 g/mol. The van der Waals surface area contributed by atoms with E-state index >= 15 is 0 Å². The van der Waals surface area contributed by atoms with Crippen LogP contribution < -0.4 is 0 Å². The minimum Gasteiger partial charge on any atom is -0.308 e. The van der Waals surface area contributed by atoms with E-state index in [9.17, 15) is 0 Å². The van der Waals surface area contributed by atoms with Crippen LogP contribution in [0.5, 0.6) is 0 Å². The van der Waals surface area contributed by atoms with Gasteiger partial charge < -0.3 is 4.90 Å². The second kappa shape index (κ2) is 7.20. The van der Waals surface area contributed by atoms with Gasteiger partial charge in [-0.2, -0.15) is 5.26 Å². The Morgan fingerprint density at radius 2 is 2.24 bits per heavy atom. The normalized spacial score (nSPS) is 12.3. The van der Waals surface area contributed by atoms with Gasteiger partial charge in [0.2, 0.25) is 5.16 Å².